The van der Waals surface area contributed by atoms with Crippen LogP contribution in [0.1, 0.15) is 0 Å². The molecule has 0 unspecified atom stereocenters. The lowest BCUT2D eigenvalue weighted by Gasteiger charge is -2.02. The van der Waals surface area contributed by atoms with Gasteiger partial charge >= 0.3 is 11.9 Å². The quantitative estimate of drug-likeness (QED) is 0.160. The van der Waals surface area contributed by atoms with E-state index in [4.69, 9.17) is 16.2 Å². The Morgan fingerprint density at radius 3 is 2.38 bits per heavy atom. The first-order valence-electron chi connectivity index (χ1n) is 3.01. The molecule has 0 aliphatic rings. The summed E-state index contributed by atoms with van der Waals surface area (Å²) in [7, 11) is 1.02. The Morgan fingerprint density at radius 1 is 1.62 bits per heavy atom. The molecule has 0 heterocycles. The van der Waals surface area contributed by atoms with Crippen LogP contribution in [0.3, 0.4) is 0 Å². The molecule has 70 valence electrons. The van der Waals surface area contributed by atoms with Crippen LogP contribution in [-0.4, -0.2) is 24.2 Å². The number of hydrogen-bond donors (Lipinski definition) is 3. The minimum absolute atomic E-state index is 0.683. The highest BCUT2D eigenvalue weighted by atomic mass is 16.5. The van der Waals surface area contributed by atoms with Gasteiger partial charge in [0.2, 0.25) is 0 Å². The van der Waals surface area contributed by atoms with E-state index in [1.165, 1.54) is 6.07 Å². The lowest BCUT2D eigenvalue weighted by Crippen LogP contribution is -2.30. The highest BCUT2D eigenvalue weighted by molar-refractivity contribution is 6.02. The van der Waals surface area contributed by atoms with Crippen molar-refractivity contribution in [3.8, 4) is 6.07 Å². The van der Waals surface area contributed by atoms with Gasteiger partial charge in [-0.1, -0.05) is 0 Å². The third kappa shape index (κ3) is 2.46. The number of rotatable bonds is 3. The van der Waals surface area contributed by atoms with Gasteiger partial charge in [-0.15, -0.1) is 0 Å². The number of esters is 1. The molecule has 0 bridgehead atoms. The van der Waals surface area contributed by atoms with Gasteiger partial charge in [0, 0.05) is 0 Å². The van der Waals surface area contributed by atoms with Crippen LogP contribution in [0.2, 0.25) is 0 Å². The van der Waals surface area contributed by atoms with E-state index < -0.39 is 23.2 Å². The zero-order valence-electron chi connectivity index (χ0n) is 6.70. The Labute approximate surface area is 73.4 Å². The Bertz CT molecular complexity index is 301. The molecule has 4 N–H and O–H groups in total. The van der Waals surface area contributed by atoms with Crippen LogP contribution in [0, 0.1) is 11.3 Å². The molecule has 0 atom stereocenters. The van der Waals surface area contributed by atoms with E-state index in [-0.39, 0.29) is 0 Å². The van der Waals surface area contributed by atoms with E-state index in [9.17, 15) is 9.59 Å². The molecule has 0 aliphatic carbocycles. The Hall–Kier alpha value is -2.07. The van der Waals surface area contributed by atoms with Gasteiger partial charge in [0.05, 0.1) is 7.11 Å². The number of methoxy groups -OCH3 is 1. The van der Waals surface area contributed by atoms with Gasteiger partial charge in [-0.25, -0.2) is 9.59 Å². The zero-order valence-corrected chi connectivity index (χ0v) is 6.70. The van der Waals surface area contributed by atoms with Crippen LogP contribution in [0.15, 0.2) is 11.3 Å². The number of nitrogens with one attached hydrogen (secondary N) is 1. The second-order valence-electron chi connectivity index (χ2n) is 1.80. The number of carbonyl (C=O) groups excluding carboxylic acids is 1. The summed E-state index contributed by atoms with van der Waals surface area (Å²) in [5.41, 5.74) is 0.342. The van der Waals surface area contributed by atoms with E-state index in [0.717, 1.165) is 7.11 Å². The maximum absolute atomic E-state index is 10.8. The van der Waals surface area contributed by atoms with Gasteiger partial charge < -0.3 is 15.3 Å². The van der Waals surface area contributed by atoms with Gasteiger partial charge in [-0.05, 0) is 0 Å². The Morgan fingerprint density at radius 2 is 2.15 bits per heavy atom. The second kappa shape index (κ2) is 4.74. The molecule has 0 spiro atoms. The Kier molecular flexibility index (Phi) is 3.98. The summed E-state index contributed by atoms with van der Waals surface area (Å²) in [6, 6.07) is 1.37. The van der Waals surface area contributed by atoms with E-state index in [2.05, 4.69) is 4.74 Å². The standard InChI is InChI=1S/C6H7N3O4/c1-13-6(12)3(2-7)4(9-8)5(10)11/h9H,8H2,1H3,(H,10,11)/b4-3+. The molecule has 0 saturated heterocycles. The van der Waals surface area contributed by atoms with Crippen molar-refractivity contribution in [2.45, 2.75) is 0 Å². The third-order valence-corrected chi connectivity index (χ3v) is 1.11. The summed E-state index contributed by atoms with van der Waals surface area (Å²) in [6.07, 6.45) is 0. The number of carbonyl (C=O) groups is 2. The van der Waals surface area contributed by atoms with Crippen LogP contribution < -0.4 is 11.3 Å². The smallest absolute Gasteiger partial charge is 0.354 e. The second-order valence-corrected chi connectivity index (χ2v) is 1.80. The molecule has 0 saturated carbocycles. The monoisotopic (exact) mass is 185 g/mol. The fourth-order valence-corrected chi connectivity index (χ4v) is 0.547. The summed E-state index contributed by atoms with van der Waals surface area (Å²) in [5, 5.41) is 16.9. The van der Waals surface area contributed by atoms with Crippen LogP contribution in [0.25, 0.3) is 0 Å². The van der Waals surface area contributed by atoms with Crippen LogP contribution in [0.4, 0.5) is 0 Å². The van der Waals surface area contributed by atoms with Crippen molar-refractivity contribution in [1.82, 2.24) is 5.43 Å². The first-order valence-corrected chi connectivity index (χ1v) is 3.01. The lowest BCUT2D eigenvalue weighted by molar-refractivity contribution is -0.137. The number of nitrogens with zero attached hydrogens (tertiary/aromatic N) is 1. The number of aliphatic carboxylic acids is 1. The molecule has 0 aromatic rings. The average molecular weight is 185 g/mol. The topological polar surface area (TPSA) is 125 Å². The molecule has 13 heavy (non-hydrogen) atoms. The number of hydrogen-bond acceptors (Lipinski definition) is 6. The van der Waals surface area contributed by atoms with Crippen molar-refractivity contribution in [1.29, 1.82) is 5.26 Å². The number of nitriles is 1. The number of carboxylic acid groups (broad SMARTS) is 1. The van der Waals surface area contributed by atoms with Gasteiger partial charge in [0.15, 0.2) is 11.3 Å². The van der Waals surface area contributed by atoms with Gasteiger partial charge in [0.25, 0.3) is 0 Å². The molecule has 0 aromatic heterocycles. The summed E-state index contributed by atoms with van der Waals surface area (Å²) in [4.78, 5) is 21.2. The van der Waals surface area contributed by atoms with Gasteiger partial charge in [-0.2, -0.15) is 5.26 Å². The highest BCUT2D eigenvalue weighted by Crippen LogP contribution is 2.01. The molecule has 0 amide bonds. The maximum Gasteiger partial charge on any atom is 0.354 e. The first kappa shape index (κ1) is 10.9. The number of nitrogens with two attached hydrogens (primary N) is 1. The molecule has 0 rings (SSSR count). The minimum Gasteiger partial charge on any atom is -0.477 e. The summed E-state index contributed by atoms with van der Waals surface area (Å²) < 4.78 is 4.16. The largest absolute Gasteiger partial charge is 0.477 e. The molecule has 0 aromatic carbocycles. The van der Waals surface area contributed by atoms with E-state index >= 15 is 0 Å². The number of ether oxygens (including phenoxy) is 1. The van der Waals surface area contributed by atoms with Crippen LogP contribution in [-0.2, 0) is 14.3 Å². The number of hydrazine groups is 1. The lowest BCUT2D eigenvalue weighted by atomic mass is 10.2. The zero-order chi connectivity index (χ0) is 10.4. The summed E-state index contributed by atoms with van der Waals surface area (Å²) in [6.45, 7) is 0. The van der Waals surface area contributed by atoms with Crippen molar-refractivity contribution < 1.29 is 19.4 Å². The maximum atomic E-state index is 10.8. The molecule has 0 aliphatic heterocycles. The molecule has 7 heteroatoms. The highest BCUT2D eigenvalue weighted by Gasteiger charge is 2.20. The predicted octanol–water partition coefficient (Wildman–Crippen LogP) is -1.52. The van der Waals surface area contributed by atoms with Crippen LogP contribution in [0.5, 0.6) is 0 Å². The normalized spacial score (nSPS) is 10.8. The van der Waals surface area contributed by atoms with Crippen molar-refractivity contribution in [3.63, 3.8) is 0 Å². The summed E-state index contributed by atoms with van der Waals surface area (Å²) in [5.74, 6) is 2.23. The van der Waals surface area contributed by atoms with Crippen molar-refractivity contribution >= 4 is 11.9 Å². The number of carboxylic acids is 1. The van der Waals surface area contributed by atoms with Crippen molar-refractivity contribution in [2.24, 2.45) is 5.84 Å². The molecular weight excluding hydrogens is 178 g/mol. The van der Waals surface area contributed by atoms with E-state index in [1.807, 2.05) is 0 Å². The van der Waals surface area contributed by atoms with Gasteiger partial charge in [0.1, 0.15) is 6.07 Å². The third-order valence-electron chi connectivity index (χ3n) is 1.11. The van der Waals surface area contributed by atoms with Crippen molar-refractivity contribution in [2.75, 3.05) is 7.11 Å². The summed E-state index contributed by atoms with van der Waals surface area (Å²) >= 11 is 0. The minimum atomic E-state index is -1.51. The molecule has 7 nitrogen and oxygen atoms in total. The predicted molar refractivity (Wildman–Crippen MR) is 39.6 cm³/mol. The molecule has 0 fully saturated rings. The fraction of sp³-hybridized carbons (Fsp3) is 0.167. The van der Waals surface area contributed by atoms with E-state index in [0.29, 0.717) is 0 Å². The molecule has 0 radical (unpaired) electrons. The van der Waals surface area contributed by atoms with E-state index in [1.54, 1.807) is 5.43 Å². The average Bonchev–Trinajstić information content (AvgIpc) is 2.12. The fourth-order valence-electron chi connectivity index (χ4n) is 0.547. The van der Waals surface area contributed by atoms with Gasteiger partial charge in [-0.3, -0.25) is 5.84 Å². The van der Waals surface area contributed by atoms with Crippen molar-refractivity contribution in [3.05, 3.63) is 11.3 Å². The molecular formula is C6H7N3O4. The van der Waals surface area contributed by atoms with Crippen LogP contribution >= 0.6 is 0 Å². The first-order chi connectivity index (χ1) is 6.08. The SMILES string of the molecule is COC(=O)/C(C#N)=C(/NN)C(=O)O. The Balaban J connectivity index is 5.21.